The highest BCUT2D eigenvalue weighted by molar-refractivity contribution is 5.97. The highest BCUT2D eigenvalue weighted by Gasteiger charge is 2.23. The van der Waals surface area contributed by atoms with Crippen LogP contribution in [-0.4, -0.2) is 28.9 Å². The Morgan fingerprint density at radius 3 is 2.48 bits per heavy atom. The molecular formula is C18H20N2O5. The second-order valence-electron chi connectivity index (χ2n) is 5.72. The molecular weight excluding hydrogens is 324 g/mol. The van der Waals surface area contributed by atoms with Gasteiger partial charge in [-0.1, -0.05) is 24.3 Å². The predicted molar refractivity (Wildman–Crippen MR) is 90.0 cm³/mol. The number of hydrogen-bond acceptors (Lipinski definition) is 4. The van der Waals surface area contributed by atoms with E-state index in [1.54, 1.807) is 12.1 Å². The maximum Gasteiger partial charge on any atom is 0.305 e. The van der Waals surface area contributed by atoms with Crippen LogP contribution < -0.4 is 10.6 Å². The van der Waals surface area contributed by atoms with Crippen molar-refractivity contribution in [1.82, 2.24) is 10.6 Å². The summed E-state index contributed by atoms with van der Waals surface area (Å²) in [5.41, 5.74) is 1.91. The quantitative estimate of drug-likeness (QED) is 0.712. The van der Waals surface area contributed by atoms with Crippen molar-refractivity contribution in [3.63, 3.8) is 0 Å². The molecule has 1 heterocycles. The average molecular weight is 344 g/mol. The van der Waals surface area contributed by atoms with Gasteiger partial charge in [-0.15, -0.1) is 0 Å². The summed E-state index contributed by atoms with van der Waals surface area (Å²) in [6.45, 7) is 3.38. The fourth-order valence-corrected chi connectivity index (χ4v) is 2.43. The van der Waals surface area contributed by atoms with E-state index in [9.17, 15) is 14.4 Å². The number of carboxylic acid groups (broad SMARTS) is 1. The topological polar surface area (TPSA) is 109 Å². The van der Waals surface area contributed by atoms with Crippen LogP contribution in [0.25, 0.3) is 0 Å². The molecule has 2 rings (SSSR count). The lowest BCUT2D eigenvalue weighted by Gasteiger charge is -2.22. The largest absolute Gasteiger partial charge is 0.481 e. The normalized spacial score (nSPS) is 12.9. The molecule has 0 saturated carbocycles. The Balaban J connectivity index is 2.07. The summed E-state index contributed by atoms with van der Waals surface area (Å²) in [6, 6.07) is 7.22. The third-order valence-electron chi connectivity index (χ3n) is 3.78. The molecule has 2 aromatic rings. The monoisotopic (exact) mass is 344 g/mol. The van der Waals surface area contributed by atoms with Gasteiger partial charge in [-0.25, -0.2) is 0 Å². The Morgan fingerprint density at radius 2 is 1.88 bits per heavy atom. The van der Waals surface area contributed by atoms with Crippen molar-refractivity contribution in [3.05, 3.63) is 59.5 Å². The van der Waals surface area contributed by atoms with E-state index < -0.39 is 29.9 Å². The summed E-state index contributed by atoms with van der Waals surface area (Å²) < 4.78 is 4.83. The van der Waals surface area contributed by atoms with Crippen molar-refractivity contribution in [2.75, 3.05) is 0 Å². The number of benzene rings is 1. The van der Waals surface area contributed by atoms with Crippen molar-refractivity contribution in [2.45, 2.75) is 32.4 Å². The van der Waals surface area contributed by atoms with E-state index in [1.165, 1.54) is 25.5 Å². The first-order chi connectivity index (χ1) is 11.9. The van der Waals surface area contributed by atoms with Gasteiger partial charge in [0.2, 0.25) is 5.91 Å². The van der Waals surface area contributed by atoms with Crippen LogP contribution >= 0.6 is 0 Å². The van der Waals surface area contributed by atoms with Gasteiger partial charge in [0.05, 0.1) is 24.3 Å². The molecule has 2 amide bonds. The van der Waals surface area contributed by atoms with E-state index >= 15 is 0 Å². The van der Waals surface area contributed by atoms with E-state index in [0.29, 0.717) is 5.56 Å². The molecule has 2 unspecified atom stereocenters. The Morgan fingerprint density at radius 1 is 1.16 bits per heavy atom. The smallest absolute Gasteiger partial charge is 0.305 e. The van der Waals surface area contributed by atoms with Gasteiger partial charge in [-0.3, -0.25) is 14.4 Å². The van der Waals surface area contributed by atoms with Gasteiger partial charge in [-0.05, 0) is 31.0 Å². The number of carbonyl (C=O) groups excluding carboxylic acids is 2. The molecule has 0 aliphatic rings. The number of nitrogens with one attached hydrogen (secondary N) is 2. The minimum Gasteiger partial charge on any atom is -0.481 e. The molecule has 0 spiro atoms. The van der Waals surface area contributed by atoms with Crippen LogP contribution in [0.4, 0.5) is 0 Å². The zero-order valence-corrected chi connectivity index (χ0v) is 14.0. The minimum absolute atomic E-state index is 0.251. The molecule has 1 aromatic heterocycles. The van der Waals surface area contributed by atoms with Crippen molar-refractivity contribution < 1.29 is 23.9 Å². The molecule has 132 valence electrons. The van der Waals surface area contributed by atoms with Crippen LogP contribution in [0.2, 0.25) is 0 Å². The Hall–Kier alpha value is -3.09. The number of hydrogen-bond donors (Lipinski definition) is 3. The first-order valence-corrected chi connectivity index (χ1v) is 7.79. The van der Waals surface area contributed by atoms with Crippen LogP contribution in [0.15, 0.2) is 47.3 Å². The SMILES string of the molecule is Cc1ccccc1C(CC(=O)O)NC(=O)C(C)NC(=O)c1ccoc1. The Kier molecular flexibility index (Phi) is 5.94. The molecule has 3 N–H and O–H groups in total. The van der Waals surface area contributed by atoms with Gasteiger partial charge in [0, 0.05) is 0 Å². The van der Waals surface area contributed by atoms with Crippen LogP contribution in [-0.2, 0) is 9.59 Å². The first kappa shape index (κ1) is 18.3. The van der Waals surface area contributed by atoms with E-state index in [1.807, 2.05) is 19.1 Å². The van der Waals surface area contributed by atoms with Crippen LogP contribution in [0.3, 0.4) is 0 Å². The maximum absolute atomic E-state index is 12.4. The molecule has 7 nitrogen and oxygen atoms in total. The van der Waals surface area contributed by atoms with E-state index in [4.69, 9.17) is 9.52 Å². The summed E-state index contributed by atoms with van der Waals surface area (Å²) in [5.74, 6) is -1.93. The molecule has 7 heteroatoms. The zero-order chi connectivity index (χ0) is 18.4. The predicted octanol–water partition coefficient (Wildman–Crippen LogP) is 2.04. The standard InChI is InChI=1S/C18H20N2O5/c1-11-5-3-4-6-14(11)15(9-16(21)22)20-17(23)12(2)19-18(24)13-7-8-25-10-13/h3-8,10,12,15H,9H2,1-2H3,(H,19,24)(H,20,23)(H,21,22). The number of carbonyl (C=O) groups is 3. The second kappa shape index (κ2) is 8.14. The highest BCUT2D eigenvalue weighted by atomic mass is 16.4. The Labute approximate surface area is 145 Å². The van der Waals surface area contributed by atoms with Gasteiger partial charge in [-0.2, -0.15) is 0 Å². The number of rotatable bonds is 7. The molecule has 0 fully saturated rings. The Bertz CT molecular complexity index is 755. The highest BCUT2D eigenvalue weighted by Crippen LogP contribution is 2.20. The molecule has 0 saturated heterocycles. The number of carboxylic acids is 1. The van der Waals surface area contributed by atoms with Gasteiger partial charge in [0.25, 0.3) is 5.91 Å². The zero-order valence-electron chi connectivity index (χ0n) is 14.0. The lowest BCUT2D eigenvalue weighted by atomic mass is 9.98. The number of amides is 2. The molecule has 25 heavy (non-hydrogen) atoms. The van der Waals surface area contributed by atoms with Crippen molar-refractivity contribution in [2.24, 2.45) is 0 Å². The van der Waals surface area contributed by atoms with Gasteiger partial charge in [0.15, 0.2) is 0 Å². The summed E-state index contributed by atoms with van der Waals surface area (Å²) in [4.78, 5) is 35.5. The van der Waals surface area contributed by atoms with Gasteiger partial charge < -0.3 is 20.2 Å². The van der Waals surface area contributed by atoms with Crippen molar-refractivity contribution in [1.29, 1.82) is 0 Å². The molecule has 0 bridgehead atoms. The maximum atomic E-state index is 12.4. The number of aliphatic carboxylic acids is 1. The molecule has 2 atom stereocenters. The third kappa shape index (κ3) is 4.94. The fraction of sp³-hybridized carbons (Fsp3) is 0.278. The summed E-state index contributed by atoms with van der Waals surface area (Å²) in [6.07, 6.45) is 2.39. The third-order valence-corrected chi connectivity index (χ3v) is 3.78. The van der Waals surface area contributed by atoms with Crippen molar-refractivity contribution in [3.8, 4) is 0 Å². The average Bonchev–Trinajstić information content (AvgIpc) is 3.08. The molecule has 1 aromatic carbocycles. The van der Waals surface area contributed by atoms with Crippen LogP contribution in [0, 0.1) is 6.92 Å². The molecule has 0 radical (unpaired) electrons. The van der Waals surface area contributed by atoms with Crippen LogP contribution in [0.1, 0.15) is 40.9 Å². The fourth-order valence-electron chi connectivity index (χ4n) is 2.43. The van der Waals surface area contributed by atoms with E-state index in [0.717, 1.165) is 11.1 Å². The second-order valence-corrected chi connectivity index (χ2v) is 5.72. The summed E-state index contributed by atoms with van der Waals surface area (Å²) >= 11 is 0. The molecule has 0 aliphatic carbocycles. The molecule has 0 aliphatic heterocycles. The summed E-state index contributed by atoms with van der Waals surface area (Å²) in [7, 11) is 0. The minimum atomic E-state index is -1.02. The lowest BCUT2D eigenvalue weighted by Crippen LogP contribution is -2.46. The van der Waals surface area contributed by atoms with Gasteiger partial charge >= 0.3 is 5.97 Å². The first-order valence-electron chi connectivity index (χ1n) is 7.79. The lowest BCUT2D eigenvalue weighted by molar-refractivity contribution is -0.137. The van der Waals surface area contributed by atoms with E-state index in [-0.39, 0.29) is 6.42 Å². The van der Waals surface area contributed by atoms with E-state index in [2.05, 4.69) is 10.6 Å². The number of aryl methyl sites for hydroxylation is 1. The van der Waals surface area contributed by atoms with Crippen molar-refractivity contribution >= 4 is 17.8 Å². The van der Waals surface area contributed by atoms with Crippen LogP contribution in [0.5, 0.6) is 0 Å². The summed E-state index contributed by atoms with van der Waals surface area (Å²) in [5, 5.41) is 14.4. The van der Waals surface area contributed by atoms with Gasteiger partial charge in [0.1, 0.15) is 12.3 Å². The number of furan rings is 1.